The zero-order valence-electron chi connectivity index (χ0n) is 15.0. The second-order valence-corrected chi connectivity index (χ2v) is 7.60. The molecule has 0 radical (unpaired) electrons. The lowest BCUT2D eigenvalue weighted by molar-refractivity contribution is -0.137. The highest BCUT2D eigenvalue weighted by molar-refractivity contribution is 7.13. The molecule has 3 aromatic rings. The summed E-state index contributed by atoms with van der Waals surface area (Å²) in [6, 6.07) is 10.0. The van der Waals surface area contributed by atoms with Gasteiger partial charge in [0.15, 0.2) is 0 Å². The minimum atomic E-state index is -1.15. The third-order valence-corrected chi connectivity index (χ3v) is 5.80. The average Bonchev–Trinajstić information content (AvgIpc) is 3.38. The van der Waals surface area contributed by atoms with E-state index in [2.05, 4.69) is 16.4 Å². The lowest BCUT2D eigenvalue weighted by Crippen LogP contribution is -2.52. The Hall–Kier alpha value is -2.97. The van der Waals surface area contributed by atoms with Gasteiger partial charge in [-0.25, -0.2) is 0 Å². The summed E-state index contributed by atoms with van der Waals surface area (Å²) in [4.78, 5) is 42.3. The number of nitrogens with one attached hydrogen (secondary N) is 2. The van der Waals surface area contributed by atoms with Gasteiger partial charge in [-0.2, -0.15) is 0 Å². The van der Waals surface area contributed by atoms with Crippen molar-refractivity contribution in [3.05, 3.63) is 57.9 Å². The Morgan fingerprint density at radius 3 is 2.79 bits per heavy atom. The standard InChI is InChI=1S/C20H19N3O4S/c24-11-16(22-19(26)18(25)17-6-3-9-28-17)20(27)23-8-7-13-12-4-1-2-5-14(12)21-15(13)10-23/h1-6,9,16,21,24H,7-8,10-11H2,(H,22,26). The number of nitrogens with zero attached hydrogens (tertiary/aromatic N) is 1. The van der Waals surface area contributed by atoms with Crippen molar-refractivity contribution in [2.45, 2.75) is 19.0 Å². The van der Waals surface area contributed by atoms with Crippen LogP contribution in [0.25, 0.3) is 10.9 Å². The van der Waals surface area contributed by atoms with E-state index in [1.807, 2.05) is 18.2 Å². The van der Waals surface area contributed by atoms with E-state index in [1.165, 1.54) is 5.56 Å². The van der Waals surface area contributed by atoms with Gasteiger partial charge >= 0.3 is 0 Å². The number of aliphatic hydroxyl groups excluding tert-OH is 1. The van der Waals surface area contributed by atoms with Crippen LogP contribution in [0.3, 0.4) is 0 Å². The maximum absolute atomic E-state index is 12.8. The van der Waals surface area contributed by atoms with Gasteiger partial charge < -0.3 is 20.3 Å². The van der Waals surface area contributed by atoms with Crippen LogP contribution in [-0.4, -0.2) is 51.8 Å². The van der Waals surface area contributed by atoms with Crippen LogP contribution in [0.5, 0.6) is 0 Å². The summed E-state index contributed by atoms with van der Waals surface area (Å²) >= 11 is 1.15. The first-order valence-electron chi connectivity index (χ1n) is 8.95. The Balaban J connectivity index is 1.47. The highest BCUT2D eigenvalue weighted by Gasteiger charge is 2.31. The molecule has 0 bridgehead atoms. The van der Waals surface area contributed by atoms with E-state index < -0.39 is 30.2 Å². The molecular weight excluding hydrogens is 378 g/mol. The highest BCUT2D eigenvalue weighted by Crippen LogP contribution is 2.27. The van der Waals surface area contributed by atoms with Crippen LogP contribution in [0, 0.1) is 0 Å². The number of carbonyl (C=O) groups excluding carboxylic acids is 3. The van der Waals surface area contributed by atoms with Crippen LogP contribution in [-0.2, 0) is 22.6 Å². The number of thiophene rings is 1. The Morgan fingerprint density at radius 2 is 2.04 bits per heavy atom. The summed E-state index contributed by atoms with van der Waals surface area (Å²) in [5.41, 5.74) is 3.17. The molecule has 28 heavy (non-hydrogen) atoms. The molecule has 3 heterocycles. The van der Waals surface area contributed by atoms with E-state index in [1.54, 1.807) is 22.4 Å². The Labute approximate surface area is 165 Å². The van der Waals surface area contributed by atoms with Gasteiger partial charge in [0.25, 0.3) is 11.7 Å². The minimum Gasteiger partial charge on any atom is -0.394 e. The molecule has 0 aliphatic carbocycles. The van der Waals surface area contributed by atoms with Crippen LogP contribution >= 0.6 is 11.3 Å². The van der Waals surface area contributed by atoms with Gasteiger partial charge in [-0.05, 0) is 29.5 Å². The normalized spacial score (nSPS) is 14.5. The van der Waals surface area contributed by atoms with Crippen molar-refractivity contribution in [1.82, 2.24) is 15.2 Å². The lowest BCUT2D eigenvalue weighted by atomic mass is 10.0. The summed E-state index contributed by atoms with van der Waals surface area (Å²) in [5.74, 6) is -2.00. The molecule has 1 aromatic carbocycles. The average molecular weight is 397 g/mol. The highest BCUT2D eigenvalue weighted by atomic mass is 32.1. The van der Waals surface area contributed by atoms with Crippen LogP contribution in [0.1, 0.15) is 20.9 Å². The van der Waals surface area contributed by atoms with Gasteiger partial charge in [-0.1, -0.05) is 24.3 Å². The predicted molar refractivity (Wildman–Crippen MR) is 105 cm³/mol. The fourth-order valence-corrected chi connectivity index (χ4v) is 4.19. The maximum Gasteiger partial charge on any atom is 0.293 e. The SMILES string of the molecule is O=C(NC(CO)C(=O)N1CCc2c([nH]c3ccccc23)C1)C(=O)c1cccs1. The molecule has 4 rings (SSSR count). The molecule has 2 amide bonds. The molecule has 7 nitrogen and oxygen atoms in total. The van der Waals surface area contributed by atoms with Crippen molar-refractivity contribution in [2.24, 2.45) is 0 Å². The fraction of sp³-hybridized carbons (Fsp3) is 0.250. The first kappa shape index (κ1) is 18.4. The van der Waals surface area contributed by atoms with Crippen molar-refractivity contribution in [3.63, 3.8) is 0 Å². The Bertz CT molecular complexity index is 1040. The van der Waals surface area contributed by atoms with Gasteiger partial charge in [0, 0.05) is 23.1 Å². The molecule has 8 heteroatoms. The number of benzene rings is 1. The number of fused-ring (bicyclic) bond motifs is 3. The number of aliphatic hydroxyl groups is 1. The van der Waals surface area contributed by atoms with Gasteiger partial charge in [0.2, 0.25) is 5.91 Å². The zero-order chi connectivity index (χ0) is 19.7. The molecular formula is C20H19N3O4S. The number of H-pyrrole nitrogens is 1. The molecule has 3 N–H and O–H groups in total. The number of Topliss-reactive ketones (excluding diaryl/α,β-unsaturated/α-hetero) is 1. The van der Waals surface area contributed by atoms with E-state index in [9.17, 15) is 19.5 Å². The molecule has 2 aromatic heterocycles. The number of ketones is 1. The number of para-hydroxylation sites is 1. The first-order chi connectivity index (χ1) is 13.6. The summed E-state index contributed by atoms with van der Waals surface area (Å²) in [6.07, 6.45) is 0.686. The topological polar surface area (TPSA) is 102 Å². The summed E-state index contributed by atoms with van der Waals surface area (Å²) < 4.78 is 0. The number of aromatic amines is 1. The quantitative estimate of drug-likeness (QED) is 0.448. The molecule has 1 unspecified atom stereocenters. The molecule has 1 aliphatic heterocycles. The van der Waals surface area contributed by atoms with Gasteiger partial charge in [-0.3, -0.25) is 14.4 Å². The third kappa shape index (κ3) is 3.32. The number of hydrogen-bond acceptors (Lipinski definition) is 5. The lowest BCUT2D eigenvalue weighted by Gasteiger charge is -2.30. The Kier molecular flexibility index (Phi) is 4.97. The molecule has 144 valence electrons. The number of hydrogen-bond donors (Lipinski definition) is 3. The molecule has 0 saturated heterocycles. The Morgan fingerprint density at radius 1 is 1.21 bits per heavy atom. The number of aromatic nitrogens is 1. The second-order valence-electron chi connectivity index (χ2n) is 6.65. The van der Waals surface area contributed by atoms with Crippen LogP contribution in [0.2, 0.25) is 0 Å². The number of carbonyl (C=O) groups is 3. The van der Waals surface area contributed by atoms with E-state index in [0.717, 1.165) is 27.9 Å². The van der Waals surface area contributed by atoms with Gasteiger partial charge in [-0.15, -0.1) is 11.3 Å². The van der Waals surface area contributed by atoms with Gasteiger partial charge in [0.05, 0.1) is 18.0 Å². The van der Waals surface area contributed by atoms with Crippen molar-refractivity contribution in [1.29, 1.82) is 0 Å². The molecule has 0 spiro atoms. The third-order valence-electron chi connectivity index (χ3n) is 4.93. The van der Waals surface area contributed by atoms with Crippen molar-refractivity contribution in [2.75, 3.05) is 13.2 Å². The van der Waals surface area contributed by atoms with Gasteiger partial charge in [0.1, 0.15) is 6.04 Å². The monoisotopic (exact) mass is 397 g/mol. The van der Waals surface area contributed by atoms with Crippen molar-refractivity contribution < 1.29 is 19.5 Å². The molecule has 0 saturated carbocycles. The summed E-state index contributed by atoms with van der Waals surface area (Å²) in [6.45, 7) is 0.283. The van der Waals surface area contributed by atoms with Crippen molar-refractivity contribution in [3.8, 4) is 0 Å². The predicted octanol–water partition coefficient (Wildman–Crippen LogP) is 1.47. The minimum absolute atomic E-state index is 0.294. The second kappa shape index (κ2) is 7.57. The first-order valence-corrected chi connectivity index (χ1v) is 9.83. The summed E-state index contributed by atoms with van der Waals surface area (Å²) in [5, 5.41) is 14.8. The van der Waals surface area contributed by atoms with E-state index >= 15 is 0 Å². The van der Waals surface area contributed by atoms with Crippen LogP contribution < -0.4 is 5.32 Å². The van der Waals surface area contributed by atoms with Crippen molar-refractivity contribution >= 4 is 39.8 Å². The summed E-state index contributed by atoms with van der Waals surface area (Å²) in [7, 11) is 0. The molecule has 0 fully saturated rings. The van der Waals surface area contributed by atoms with Crippen LogP contribution in [0.4, 0.5) is 0 Å². The molecule has 1 atom stereocenters. The zero-order valence-corrected chi connectivity index (χ0v) is 15.8. The van der Waals surface area contributed by atoms with Crippen LogP contribution in [0.15, 0.2) is 41.8 Å². The number of rotatable bonds is 5. The van der Waals surface area contributed by atoms with E-state index in [0.29, 0.717) is 24.4 Å². The number of amides is 2. The largest absolute Gasteiger partial charge is 0.394 e. The van der Waals surface area contributed by atoms with E-state index in [-0.39, 0.29) is 0 Å². The fourth-order valence-electron chi connectivity index (χ4n) is 3.53. The van der Waals surface area contributed by atoms with E-state index in [4.69, 9.17) is 0 Å². The maximum atomic E-state index is 12.8. The molecule has 1 aliphatic rings. The smallest absolute Gasteiger partial charge is 0.293 e.